The fraction of sp³-hybridized carbons (Fsp3) is 0.714. The maximum Gasteiger partial charge on any atom is 0.406 e. The molecular formula is C28H47N3O5. The number of hydrogen-bond donors (Lipinski definition) is 5. The molecular weight excluding hydrogens is 458 g/mol. The van der Waals surface area contributed by atoms with Crippen molar-refractivity contribution in [3.63, 3.8) is 0 Å². The molecule has 0 bridgehead atoms. The number of alkyl carbamates (subject to hydrolysis) is 1. The van der Waals surface area contributed by atoms with Crippen LogP contribution in [0.1, 0.15) is 76.8 Å². The Morgan fingerprint density at radius 2 is 1.94 bits per heavy atom. The van der Waals surface area contributed by atoms with Crippen LogP contribution in [0, 0.1) is 24.2 Å². The molecule has 0 aliphatic heterocycles. The van der Waals surface area contributed by atoms with Gasteiger partial charge in [0.1, 0.15) is 5.75 Å². The molecule has 2 amide bonds. The maximum absolute atomic E-state index is 13.3. The Hall–Kier alpha value is -2.32. The number of amides is 2. The summed E-state index contributed by atoms with van der Waals surface area (Å²) in [6.07, 6.45) is 4.30. The van der Waals surface area contributed by atoms with E-state index in [1.807, 2.05) is 20.0 Å². The second-order valence-electron chi connectivity index (χ2n) is 11.5. The van der Waals surface area contributed by atoms with Crippen molar-refractivity contribution in [2.45, 2.75) is 84.3 Å². The molecule has 4 unspecified atom stereocenters. The van der Waals surface area contributed by atoms with Gasteiger partial charge in [0.2, 0.25) is 5.91 Å². The van der Waals surface area contributed by atoms with E-state index in [9.17, 15) is 19.8 Å². The molecule has 8 heteroatoms. The van der Waals surface area contributed by atoms with Crippen LogP contribution in [0.4, 0.5) is 4.79 Å². The zero-order valence-corrected chi connectivity index (χ0v) is 22.9. The predicted octanol–water partition coefficient (Wildman–Crippen LogP) is 3.97. The van der Waals surface area contributed by atoms with Gasteiger partial charge in [-0.2, -0.15) is 0 Å². The Bertz CT molecular complexity index is 869. The van der Waals surface area contributed by atoms with Crippen LogP contribution in [0.2, 0.25) is 0 Å². The standard InChI is InChI=1S/C28H47N3O5/c1-19-23(12-8-13-24(19)32)28(35,14-9-15-30-26(34)36-6)21-11-7-10-20(16-21)25(33)31-22(18-29-5)17-27(2,3)4/h8,12-13,20-22,29,32,35H,7,9-11,14-18H2,1-6H3,(H,30,34)(H,31,33). The van der Waals surface area contributed by atoms with Gasteiger partial charge in [-0.1, -0.05) is 39.3 Å². The maximum atomic E-state index is 13.3. The zero-order valence-electron chi connectivity index (χ0n) is 22.9. The van der Waals surface area contributed by atoms with E-state index in [0.29, 0.717) is 43.5 Å². The number of ether oxygens (including phenoxy) is 1. The normalized spacial score (nSPS) is 20.8. The molecule has 1 saturated carbocycles. The average molecular weight is 506 g/mol. The van der Waals surface area contributed by atoms with Crippen molar-refractivity contribution in [3.8, 4) is 5.75 Å². The van der Waals surface area contributed by atoms with Gasteiger partial charge < -0.3 is 30.9 Å². The summed E-state index contributed by atoms with van der Waals surface area (Å²) in [5.41, 5.74) is 0.198. The lowest BCUT2D eigenvalue weighted by Gasteiger charge is -2.42. The highest BCUT2D eigenvalue weighted by Crippen LogP contribution is 2.46. The predicted molar refractivity (Wildman–Crippen MR) is 142 cm³/mol. The highest BCUT2D eigenvalue weighted by molar-refractivity contribution is 5.79. The number of rotatable bonds is 11. The molecule has 36 heavy (non-hydrogen) atoms. The summed E-state index contributed by atoms with van der Waals surface area (Å²) in [5, 5.41) is 31.6. The Balaban J connectivity index is 2.22. The Morgan fingerprint density at radius 3 is 2.58 bits per heavy atom. The van der Waals surface area contributed by atoms with Crippen LogP contribution in [0.25, 0.3) is 0 Å². The van der Waals surface area contributed by atoms with Gasteiger partial charge in [-0.15, -0.1) is 0 Å². The van der Waals surface area contributed by atoms with E-state index in [0.717, 1.165) is 25.7 Å². The first-order chi connectivity index (χ1) is 16.9. The third-order valence-electron chi connectivity index (χ3n) is 7.34. The van der Waals surface area contributed by atoms with Gasteiger partial charge in [-0.25, -0.2) is 4.79 Å². The first-order valence-electron chi connectivity index (χ1n) is 13.2. The van der Waals surface area contributed by atoms with Crippen LogP contribution in [0.3, 0.4) is 0 Å². The van der Waals surface area contributed by atoms with E-state index >= 15 is 0 Å². The van der Waals surface area contributed by atoms with Gasteiger partial charge in [0.05, 0.1) is 12.7 Å². The Kier molecular flexibility index (Phi) is 11.0. The molecule has 2 rings (SSSR count). The molecule has 0 radical (unpaired) electrons. The van der Waals surface area contributed by atoms with Crippen molar-refractivity contribution in [3.05, 3.63) is 29.3 Å². The second kappa shape index (κ2) is 13.3. The Morgan fingerprint density at radius 1 is 1.22 bits per heavy atom. The molecule has 4 atom stereocenters. The average Bonchev–Trinajstić information content (AvgIpc) is 2.82. The van der Waals surface area contributed by atoms with Gasteiger partial charge in [-0.3, -0.25) is 4.79 Å². The topological polar surface area (TPSA) is 120 Å². The monoisotopic (exact) mass is 505 g/mol. The summed E-state index contributed by atoms with van der Waals surface area (Å²) < 4.78 is 4.64. The third-order valence-corrected chi connectivity index (χ3v) is 7.34. The second-order valence-corrected chi connectivity index (χ2v) is 11.5. The quantitative estimate of drug-likeness (QED) is 0.290. The molecule has 1 aliphatic rings. The van der Waals surface area contributed by atoms with Crippen molar-refractivity contribution >= 4 is 12.0 Å². The molecule has 0 heterocycles. The van der Waals surface area contributed by atoms with Gasteiger partial charge >= 0.3 is 6.09 Å². The number of nitrogens with one attached hydrogen (secondary N) is 3. The number of phenolic OH excluding ortho intramolecular Hbond substituents is 1. The van der Waals surface area contributed by atoms with Crippen molar-refractivity contribution < 1.29 is 24.5 Å². The van der Waals surface area contributed by atoms with Gasteiger partial charge in [-0.05, 0) is 81.0 Å². The molecule has 1 aromatic carbocycles. The van der Waals surface area contributed by atoms with Gasteiger partial charge in [0, 0.05) is 25.0 Å². The van der Waals surface area contributed by atoms with E-state index in [-0.39, 0.29) is 34.9 Å². The molecule has 1 fully saturated rings. The number of carbonyl (C=O) groups is 2. The minimum atomic E-state index is -1.23. The van der Waals surface area contributed by atoms with Crippen LogP contribution in [0.15, 0.2) is 18.2 Å². The first kappa shape index (κ1) is 29.9. The van der Waals surface area contributed by atoms with Crippen LogP contribution < -0.4 is 16.0 Å². The number of benzene rings is 1. The van der Waals surface area contributed by atoms with E-state index in [2.05, 4.69) is 41.5 Å². The summed E-state index contributed by atoms with van der Waals surface area (Å²) in [7, 11) is 3.21. The van der Waals surface area contributed by atoms with Gasteiger partial charge in [0.25, 0.3) is 0 Å². The smallest absolute Gasteiger partial charge is 0.406 e. The van der Waals surface area contributed by atoms with Crippen LogP contribution >= 0.6 is 0 Å². The lowest BCUT2D eigenvalue weighted by Crippen LogP contribution is -2.48. The van der Waals surface area contributed by atoms with Crippen LogP contribution in [-0.2, 0) is 15.1 Å². The third kappa shape index (κ3) is 8.37. The van der Waals surface area contributed by atoms with Crippen molar-refractivity contribution in [1.82, 2.24) is 16.0 Å². The zero-order chi connectivity index (χ0) is 26.9. The van der Waals surface area contributed by atoms with E-state index in [4.69, 9.17) is 0 Å². The minimum Gasteiger partial charge on any atom is -0.508 e. The van der Waals surface area contributed by atoms with Crippen molar-refractivity contribution in [1.29, 1.82) is 0 Å². The summed E-state index contributed by atoms with van der Waals surface area (Å²) in [5.74, 6) is -0.140. The van der Waals surface area contributed by atoms with Crippen molar-refractivity contribution in [2.75, 3.05) is 27.2 Å². The summed E-state index contributed by atoms with van der Waals surface area (Å²) in [4.78, 5) is 24.8. The highest BCUT2D eigenvalue weighted by atomic mass is 16.5. The molecule has 5 N–H and O–H groups in total. The summed E-state index contributed by atoms with van der Waals surface area (Å²) in [6.45, 7) is 9.40. The highest BCUT2D eigenvalue weighted by Gasteiger charge is 2.43. The summed E-state index contributed by atoms with van der Waals surface area (Å²) >= 11 is 0. The van der Waals surface area contributed by atoms with E-state index in [1.165, 1.54) is 7.11 Å². The molecule has 8 nitrogen and oxygen atoms in total. The van der Waals surface area contributed by atoms with Crippen molar-refractivity contribution in [2.24, 2.45) is 17.3 Å². The Labute approximate surface area is 216 Å². The van der Waals surface area contributed by atoms with E-state index < -0.39 is 11.7 Å². The lowest BCUT2D eigenvalue weighted by atomic mass is 9.67. The number of methoxy groups -OCH3 is 1. The number of phenols is 1. The molecule has 0 saturated heterocycles. The number of likely N-dealkylation sites (N-methyl/N-ethyl adjacent to an activating group) is 1. The van der Waals surface area contributed by atoms with Crippen LogP contribution in [0.5, 0.6) is 5.75 Å². The lowest BCUT2D eigenvalue weighted by molar-refractivity contribution is -0.129. The number of carbonyl (C=O) groups excluding carboxylic acids is 2. The van der Waals surface area contributed by atoms with Crippen LogP contribution in [-0.4, -0.2) is 55.5 Å². The molecule has 0 aromatic heterocycles. The summed E-state index contributed by atoms with van der Waals surface area (Å²) in [6, 6.07) is 5.27. The fourth-order valence-corrected chi connectivity index (χ4v) is 5.61. The molecule has 0 spiro atoms. The largest absolute Gasteiger partial charge is 0.508 e. The number of aromatic hydroxyl groups is 1. The SMILES string of the molecule is CNCC(CC(C)(C)C)NC(=O)C1CCCC(C(O)(CCCNC(=O)OC)c2cccc(O)c2C)C1. The fourth-order valence-electron chi connectivity index (χ4n) is 5.61. The first-order valence-corrected chi connectivity index (χ1v) is 13.2. The molecule has 1 aromatic rings. The number of hydrogen-bond acceptors (Lipinski definition) is 6. The molecule has 204 valence electrons. The minimum absolute atomic E-state index is 0.0412. The molecule has 1 aliphatic carbocycles. The van der Waals surface area contributed by atoms with E-state index in [1.54, 1.807) is 12.1 Å². The number of aliphatic hydroxyl groups is 1. The van der Waals surface area contributed by atoms with Gasteiger partial charge in [0.15, 0.2) is 0 Å².